The van der Waals surface area contributed by atoms with Crippen LogP contribution in [0.15, 0.2) is 29.1 Å². The van der Waals surface area contributed by atoms with Gasteiger partial charge in [-0.05, 0) is 26.0 Å². The van der Waals surface area contributed by atoms with E-state index in [9.17, 15) is 4.79 Å². The van der Waals surface area contributed by atoms with Gasteiger partial charge in [-0.15, -0.1) is 0 Å². The molecule has 23 heavy (non-hydrogen) atoms. The van der Waals surface area contributed by atoms with E-state index >= 15 is 0 Å². The summed E-state index contributed by atoms with van der Waals surface area (Å²) in [6.07, 6.45) is 1.01. The van der Waals surface area contributed by atoms with Crippen LogP contribution in [0.3, 0.4) is 0 Å². The molecule has 1 aliphatic heterocycles. The molecule has 1 aliphatic rings. The number of aromatic nitrogens is 2. The van der Waals surface area contributed by atoms with Crippen LogP contribution >= 0.6 is 0 Å². The average molecular weight is 316 g/mol. The van der Waals surface area contributed by atoms with Gasteiger partial charge in [0, 0.05) is 13.0 Å². The number of para-hydroxylation sites is 1. The van der Waals surface area contributed by atoms with Gasteiger partial charge in [0.05, 0.1) is 10.9 Å². The standard InChI is InChI=1S/C18H26N4O/c1-4-16(21-11-10-19-13(3)12-21)17-20-15-9-7-6-8-14(15)18(23)22(17)5-2/h6-9,13,16,19H,4-5,10-12H2,1-3H3/p+2/t13-,16+/m1/s1. The molecule has 1 fully saturated rings. The quantitative estimate of drug-likeness (QED) is 0.815. The lowest BCUT2D eigenvalue weighted by molar-refractivity contribution is -0.981. The van der Waals surface area contributed by atoms with E-state index in [4.69, 9.17) is 4.98 Å². The zero-order valence-electron chi connectivity index (χ0n) is 14.4. The maximum absolute atomic E-state index is 12.9. The van der Waals surface area contributed by atoms with E-state index < -0.39 is 0 Å². The van der Waals surface area contributed by atoms with Gasteiger partial charge < -0.3 is 10.2 Å². The van der Waals surface area contributed by atoms with Gasteiger partial charge in [0.15, 0.2) is 5.82 Å². The summed E-state index contributed by atoms with van der Waals surface area (Å²) in [5.41, 5.74) is 0.925. The number of fused-ring (bicyclic) bond motifs is 1. The summed E-state index contributed by atoms with van der Waals surface area (Å²) in [6, 6.07) is 8.64. The summed E-state index contributed by atoms with van der Waals surface area (Å²) in [7, 11) is 0. The lowest BCUT2D eigenvalue weighted by Crippen LogP contribution is -3.22. The lowest BCUT2D eigenvalue weighted by atomic mass is 10.1. The first-order chi connectivity index (χ1) is 11.2. The summed E-state index contributed by atoms with van der Waals surface area (Å²) in [4.78, 5) is 19.3. The highest BCUT2D eigenvalue weighted by Gasteiger charge is 2.32. The van der Waals surface area contributed by atoms with Gasteiger partial charge in [-0.25, -0.2) is 4.98 Å². The van der Waals surface area contributed by atoms with Crippen molar-refractivity contribution in [3.05, 3.63) is 40.4 Å². The molecule has 1 aromatic heterocycles. The number of nitrogens with one attached hydrogen (secondary N) is 1. The molecular weight excluding hydrogens is 288 g/mol. The molecule has 5 nitrogen and oxygen atoms in total. The van der Waals surface area contributed by atoms with Crippen LogP contribution in [0.1, 0.15) is 39.1 Å². The van der Waals surface area contributed by atoms with Gasteiger partial charge in [-0.1, -0.05) is 19.1 Å². The Hall–Kier alpha value is -1.72. The molecule has 0 aliphatic carbocycles. The third-order valence-corrected chi connectivity index (χ3v) is 5.04. The number of hydrogen-bond acceptors (Lipinski definition) is 2. The number of rotatable bonds is 4. The molecule has 2 aromatic rings. The van der Waals surface area contributed by atoms with E-state index in [1.54, 1.807) is 4.90 Å². The zero-order chi connectivity index (χ0) is 16.4. The van der Waals surface area contributed by atoms with Crippen molar-refractivity contribution >= 4 is 10.9 Å². The molecule has 2 heterocycles. The smallest absolute Gasteiger partial charge is 0.261 e. The minimum absolute atomic E-state index is 0.0996. The molecule has 3 rings (SSSR count). The van der Waals surface area contributed by atoms with Gasteiger partial charge in [0.25, 0.3) is 5.56 Å². The van der Waals surface area contributed by atoms with Crippen molar-refractivity contribution in [2.45, 2.75) is 45.8 Å². The van der Waals surface area contributed by atoms with Crippen molar-refractivity contribution in [2.75, 3.05) is 19.6 Å². The van der Waals surface area contributed by atoms with Crippen LogP contribution in [0.5, 0.6) is 0 Å². The molecule has 0 saturated carbocycles. The van der Waals surface area contributed by atoms with Gasteiger partial charge in [0.1, 0.15) is 31.7 Å². The Kier molecular flexibility index (Phi) is 4.78. The molecule has 0 amide bonds. The molecule has 1 unspecified atom stereocenters. The van der Waals surface area contributed by atoms with Crippen LogP contribution < -0.4 is 15.8 Å². The summed E-state index contributed by atoms with van der Waals surface area (Å²) >= 11 is 0. The summed E-state index contributed by atoms with van der Waals surface area (Å²) in [6.45, 7) is 10.6. The van der Waals surface area contributed by atoms with Crippen molar-refractivity contribution in [3.8, 4) is 0 Å². The van der Waals surface area contributed by atoms with E-state index in [-0.39, 0.29) is 5.56 Å². The molecule has 124 valence electrons. The van der Waals surface area contributed by atoms with Gasteiger partial charge >= 0.3 is 0 Å². The lowest BCUT2D eigenvalue weighted by Gasteiger charge is -2.33. The maximum atomic E-state index is 12.9. The fourth-order valence-corrected chi connectivity index (χ4v) is 3.88. The Balaban J connectivity index is 2.10. The van der Waals surface area contributed by atoms with Crippen LogP contribution in [0.4, 0.5) is 0 Å². The highest BCUT2D eigenvalue weighted by atomic mass is 16.1. The van der Waals surface area contributed by atoms with Gasteiger partial charge in [-0.3, -0.25) is 9.36 Å². The minimum Gasteiger partial charge on any atom is -0.335 e. The number of nitrogens with two attached hydrogens (primary N) is 1. The van der Waals surface area contributed by atoms with E-state index in [1.807, 2.05) is 35.8 Å². The van der Waals surface area contributed by atoms with E-state index in [0.717, 1.165) is 42.8 Å². The first-order valence-electron chi connectivity index (χ1n) is 8.83. The van der Waals surface area contributed by atoms with Crippen LogP contribution in [-0.2, 0) is 6.54 Å². The van der Waals surface area contributed by atoms with Gasteiger partial charge in [-0.2, -0.15) is 0 Å². The summed E-state index contributed by atoms with van der Waals surface area (Å²) in [5.74, 6) is 0.961. The molecule has 0 spiro atoms. The van der Waals surface area contributed by atoms with Crippen LogP contribution in [0.25, 0.3) is 10.9 Å². The Labute approximate surface area is 137 Å². The highest BCUT2D eigenvalue weighted by Crippen LogP contribution is 2.14. The molecule has 0 radical (unpaired) electrons. The van der Waals surface area contributed by atoms with E-state index in [1.165, 1.54) is 0 Å². The second kappa shape index (κ2) is 6.81. The molecule has 3 N–H and O–H groups in total. The first kappa shape index (κ1) is 16.1. The monoisotopic (exact) mass is 316 g/mol. The second-order valence-corrected chi connectivity index (χ2v) is 6.61. The highest BCUT2D eigenvalue weighted by molar-refractivity contribution is 5.77. The number of quaternary nitrogens is 2. The summed E-state index contributed by atoms with van der Waals surface area (Å²) in [5, 5.41) is 3.14. The number of hydrogen-bond donors (Lipinski definition) is 2. The largest absolute Gasteiger partial charge is 0.335 e. The molecule has 0 bridgehead atoms. The number of piperazine rings is 1. The predicted octanol–water partition coefficient (Wildman–Crippen LogP) is -0.282. The first-order valence-corrected chi connectivity index (χ1v) is 8.83. The molecule has 5 heteroatoms. The zero-order valence-corrected chi connectivity index (χ0v) is 14.4. The van der Waals surface area contributed by atoms with Crippen molar-refractivity contribution < 1.29 is 10.2 Å². The van der Waals surface area contributed by atoms with Crippen molar-refractivity contribution in [2.24, 2.45) is 0 Å². The Morgan fingerprint density at radius 1 is 1.39 bits per heavy atom. The Morgan fingerprint density at radius 3 is 2.87 bits per heavy atom. The number of benzene rings is 1. The maximum Gasteiger partial charge on any atom is 0.261 e. The molecule has 3 atom stereocenters. The molecule has 1 saturated heterocycles. The van der Waals surface area contributed by atoms with Crippen molar-refractivity contribution in [3.63, 3.8) is 0 Å². The SMILES string of the molecule is CC[C@@H](c1nc2ccccc2c(=O)n1CC)[NH+]1CC[NH2+][C@H](C)C1. The van der Waals surface area contributed by atoms with Crippen LogP contribution in [0.2, 0.25) is 0 Å². The third kappa shape index (κ3) is 3.03. The molecular formula is C18H28N4O+2. The topological polar surface area (TPSA) is 55.9 Å². The van der Waals surface area contributed by atoms with Crippen molar-refractivity contribution in [1.29, 1.82) is 0 Å². The average Bonchev–Trinajstić information content (AvgIpc) is 2.56. The van der Waals surface area contributed by atoms with E-state index in [2.05, 4.69) is 19.2 Å². The second-order valence-electron chi connectivity index (χ2n) is 6.61. The van der Waals surface area contributed by atoms with Crippen LogP contribution in [-0.4, -0.2) is 35.2 Å². The Bertz CT molecular complexity index is 739. The Morgan fingerprint density at radius 2 is 2.17 bits per heavy atom. The molecule has 1 aromatic carbocycles. The fourth-order valence-electron chi connectivity index (χ4n) is 3.88. The fraction of sp³-hybridized carbons (Fsp3) is 0.556. The van der Waals surface area contributed by atoms with Gasteiger partial charge in [0.2, 0.25) is 0 Å². The summed E-state index contributed by atoms with van der Waals surface area (Å²) < 4.78 is 1.88. The predicted molar refractivity (Wildman–Crippen MR) is 91.7 cm³/mol. The van der Waals surface area contributed by atoms with E-state index in [0.29, 0.717) is 18.6 Å². The minimum atomic E-state index is 0.0996. The van der Waals surface area contributed by atoms with Crippen molar-refractivity contribution in [1.82, 2.24) is 9.55 Å². The number of nitrogens with zero attached hydrogens (tertiary/aromatic N) is 2. The van der Waals surface area contributed by atoms with Crippen LogP contribution in [0, 0.1) is 0 Å². The normalized spacial score (nSPS) is 23.1. The third-order valence-electron chi connectivity index (χ3n) is 5.04.